The third-order valence-corrected chi connectivity index (χ3v) is 6.68. The number of hydrogen-bond acceptors (Lipinski definition) is 4. The highest BCUT2D eigenvalue weighted by molar-refractivity contribution is 14.1. The molecule has 5 nitrogen and oxygen atoms in total. The second-order valence-corrected chi connectivity index (χ2v) is 9.64. The van der Waals surface area contributed by atoms with Crippen LogP contribution < -0.4 is 14.8 Å². The summed E-state index contributed by atoms with van der Waals surface area (Å²) in [6, 6.07) is 24.7. The van der Waals surface area contributed by atoms with Crippen molar-refractivity contribution >= 4 is 62.6 Å². The summed E-state index contributed by atoms with van der Waals surface area (Å²) in [5, 5.41) is 15.1. The molecule has 0 atom stereocenters. The van der Waals surface area contributed by atoms with Crippen molar-refractivity contribution in [3.05, 3.63) is 104 Å². The van der Waals surface area contributed by atoms with Gasteiger partial charge in [-0.05, 0) is 87.8 Å². The summed E-state index contributed by atoms with van der Waals surface area (Å²) in [6.45, 7) is 2.44. The van der Waals surface area contributed by atoms with Crippen molar-refractivity contribution in [2.75, 3.05) is 12.4 Å². The lowest BCUT2D eigenvalue weighted by Gasteiger charge is -2.16. The molecule has 0 radical (unpaired) electrons. The predicted molar refractivity (Wildman–Crippen MR) is 152 cm³/mol. The highest BCUT2D eigenvalue weighted by Gasteiger charge is 2.15. The van der Waals surface area contributed by atoms with Crippen LogP contribution >= 0.6 is 34.2 Å². The summed E-state index contributed by atoms with van der Waals surface area (Å²) in [6.07, 6.45) is 1.52. The number of aryl methyl sites for hydroxylation is 1. The van der Waals surface area contributed by atoms with E-state index in [4.69, 9.17) is 21.1 Å². The second kappa shape index (κ2) is 11.5. The van der Waals surface area contributed by atoms with Gasteiger partial charge in [-0.1, -0.05) is 54.1 Å². The van der Waals surface area contributed by atoms with Crippen LogP contribution in [-0.4, -0.2) is 13.0 Å². The topological polar surface area (TPSA) is 71.3 Å². The molecule has 0 aromatic heterocycles. The van der Waals surface area contributed by atoms with Gasteiger partial charge in [0.05, 0.1) is 10.7 Å². The third-order valence-electron chi connectivity index (χ3n) is 5.65. The Hall–Kier alpha value is -3.54. The molecule has 0 saturated carbocycles. The van der Waals surface area contributed by atoms with E-state index in [1.807, 2.05) is 24.3 Å². The minimum Gasteiger partial charge on any atom is -0.493 e. The van der Waals surface area contributed by atoms with Gasteiger partial charge >= 0.3 is 0 Å². The van der Waals surface area contributed by atoms with Crippen LogP contribution in [-0.2, 0) is 11.4 Å². The lowest BCUT2D eigenvalue weighted by molar-refractivity contribution is -0.112. The Balaban J connectivity index is 1.59. The van der Waals surface area contributed by atoms with E-state index in [9.17, 15) is 10.1 Å². The average molecular weight is 609 g/mol. The number of benzene rings is 4. The Kier molecular flexibility index (Phi) is 8.14. The van der Waals surface area contributed by atoms with E-state index in [-0.39, 0.29) is 5.57 Å². The zero-order valence-corrected chi connectivity index (χ0v) is 22.6. The van der Waals surface area contributed by atoms with Gasteiger partial charge in [-0.2, -0.15) is 5.26 Å². The summed E-state index contributed by atoms with van der Waals surface area (Å²) in [7, 11) is 1.56. The van der Waals surface area contributed by atoms with Crippen LogP contribution in [0.5, 0.6) is 11.5 Å². The summed E-state index contributed by atoms with van der Waals surface area (Å²) < 4.78 is 12.6. The van der Waals surface area contributed by atoms with E-state index in [1.165, 1.54) is 6.08 Å². The number of carbonyl (C=O) groups excluding carboxylic acids is 1. The van der Waals surface area contributed by atoms with Crippen molar-refractivity contribution in [3.8, 4) is 17.6 Å². The maximum Gasteiger partial charge on any atom is 0.266 e. The highest BCUT2D eigenvalue weighted by atomic mass is 127. The predicted octanol–water partition coefficient (Wildman–Crippen LogP) is 7.54. The largest absolute Gasteiger partial charge is 0.493 e. The van der Waals surface area contributed by atoms with E-state index in [0.717, 1.165) is 25.5 Å². The molecule has 1 amide bonds. The monoisotopic (exact) mass is 608 g/mol. The minimum atomic E-state index is -0.527. The van der Waals surface area contributed by atoms with E-state index in [0.29, 0.717) is 34.4 Å². The van der Waals surface area contributed by atoms with Gasteiger partial charge in [-0.25, -0.2) is 0 Å². The van der Waals surface area contributed by atoms with Gasteiger partial charge in [0.1, 0.15) is 18.2 Å². The number of halogens is 2. The van der Waals surface area contributed by atoms with Crippen molar-refractivity contribution in [3.63, 3.8) is 0 Å². The Labute approximate surface area is 228 Å². The van der Waals surface area contributed by atoms with Crippen LogP contribution in [0.25, 0.3) is 16.8 Å². The number of anilines is 1. The van der Waals surface area contributed by atoms with Gasteiger partial charge in [0.2, 0.25) is 0 Å². The molecule has 0 aliphatic rings. The number of ether oxygens (including phenoxy) is 2. The van der Waals surface area contributed by atoms with Gasteiger partial charge in [0.15, 0.2) is 11.5 Å². The maximum absolute atomic E-state index is 12.7. The molecular weight excluding hydrogens is 587 g/mol. The molecule has 0 bridgehead atoms. The SMILES string of the molecule is COc1cc(/C=C(\C#N)C(=O)Nc2cccc(Cl)c2)cc(I)c1OCc1c(C)ccc2ccccc12. The summed E-state index contributed by atoms with van der Waals surface area (Å²) >= 11 is 8.15. The number of carbonyl (C=O) groups is 1. The first-order valence-corrected chi connectivity index (χ1v) is 12.5. The van der Waals surface area contributed by atoms with Crippen LogP contribution in [0.1, 0.15) is 16.7 Å². The van der Waals surface area contributed by atoms with Gasteiger partial charge in [-0.15, -0.1) is 0 Å². The van der Waals surface area contributed by atoms with Crippen LogP contribution in [0, 0.1) is 21.8 Å². The number of nitrogens with one attached hydrogen (secondary N) is 1. The number of hydrogen-bond donors (Lipinski definition) is 1. The molecular formula is C29H22ClIN2O3. The molecule has 0 aliphatic heterocycles. The van der Waals surface area contributed by atoms with Crippen molar-refractivity contribution in [1.29, 1.82) is 5.26 Å². The molecule has 0 aliphatic carbocycles. The summed E-state index contributed by atoms with van der Waals surface area (Å²) in [5.74, 6) is 0.587. The van der Waals surface area contributed by atoms with E-state index in [2.05, 4.69) is 59.1 Å². The van der Waals surface area contributed by atoms with E-state index in [1.54, 1.807) is 37.4 Å². The van der Waals surface area contributed by atoms with Crippen molar-refractivity contribution < 1.29 is 14.3 Å². The first-order valence-electron chi connectivity index (χ1n) is 11.1. The smallest absolute Gasteiger partial charge is 0.266 e. The Morgan fingerprint density at radius 2 is 1.92 bits per heavy atom. The Bertz CT molecular complexity index is 1530. The molecule has 0 unspecified atom stereocenters. The van der Waals surface area contributed by atoms with Crippen LogP contribution in [0.2, 0.25) is 5.02 Å². The number of nitriles is 1. The quantitative estimate of drug-likeness (QED) is 0.134. The Morgan fingerprint density at radius 1 is 1.11 bits per heavy atom. The molecule has 180 valence electrons. The fourth-order valence-corrected chi connectivity index (χ4v) is 4.80. The van der Waals surface area contributed by atoms with E-state index >= 15 is 0 Å². The number of amides is 1. The fourth-order valence-electron chi connectivity index (χ4n) is 3.82. The second-order valence-electron chi connectivity index (χ2n) is 8.04. The molecule has 0 spiro atoms. The molecule has 4 rings (SSSR count). The fraction of sp³-hybridized carbons (Fsp3) is 0.103. The van der Waals surface area contributed by atoms with Gasteiger partial charge in [0.25, 0.3) is 5.91 Å². The molecule has 0 saturated heterocycles. The molecule has 36 heavy (non-hydrogen) atoms. The third kappa shape index (κ3) is 5.81. The van der Waals surface area contributed by atoms with Gasteiger partial charge < -0.3 is 14.8 Å². The highest BCUT2D eigenvalue weighted by Crippen LogP contribution is 2.36. The van der Waals surface area contributed by atoms with Crippen molar-refractivity contribution in [1.82, 2.24) is 0 Å². The molecule has 4 aromatic rings. The Morgan fingerprint density at radius 3 is 2.67 bits per heavy atom. The molecule has 1 N–H and O–H groups in total. The normalized spacial score (nSPS) is 11.1. The average Bonchev–Trinajstić information content (AvgIpc) is 2.87. The number of methoxy groups -OCH3 is 1. The van der Waals surface area contributed by atoms with Crippen molar-refractivity contribution in [2.45, 2.75) is 13.5 Å². The van der Waals surface area contributed by atoms with Gasteiger partial charge in [0, 0.05) is 16.3 Å². The van der Waals surface area contributed by atoms with Crippen LogP contribution in [0.4, 0.5) is 5.69 Å². The number of fused-ring (bicyclic) bond motifs is 1. The minimum absolute atomic E-state index is 0.0483. The lowest BCUT2D eigenvalue weighted by Crippen LogP contribution is -2.13. The molecule has 0 fully saturated rings. The van der Waals surface area contributed by atoms with Crippen LogP contribution in [0.3, 0.4) is 0 Å². The zero-order valence-electron chi connectivity index (χ0n) is 19.6. The van der Waals surface area contributed by atoms with Gasteiger partial charge in [-0.3, -0.25) is 4.79 Å². The molecule has 7 heteroatoms. The van der Waals surface area contributed by atoms with Crippen molar-refractivity contribution in [2.24, 2.45) is 0 Å². The van der Waals surface area contributed by atoms with E-state index < -0.39 is 5.91 Å². The first kappa shape index (κ1) is 25.5. The molecule has 4 aromatic carbocycles. The summed E-state index contributed by atoms with van der Waals surface area (Å²) in [5.41, 5.74) is 3.36. The number of rotatable bonds is 7. The van der Waals surface area contributed by atoms with Crippen LogP contribution in [0.15, 0.2) is 78.4 Å². The zero-order chi connectivity index (χ0) is 25.7. The summed E-state index contributed by atoms with van der Waals surface area (Å²) in [4.78, 5) is 12.7. The molecule has 0 heterocycles. The standard InChI is InChI=1S/C29H22ClIN2O3/c1-18-10-11-20-6-3-4-9-24(20)25(18)17-36-28-26(31)13-19(14-27(28)35-2)12-21(16-32)29(34)33-23-8-5-7-22(30)15-23/h3-15H,17H2,1-2H3,(H,33,34)/b21-12+. The first-order chi connectivity index (χ1) is 17.4. The number of nitrogens with zero attached hydrogens (tertiary/aromatic N) is 1. The maximum atomic E-state index is 12.7. The lowest BCUT2D eigenvalue weighted by atomic mass is 10.0.